The van der Waals surface area contributed by atoms with Gasteiger partial charge in [0.15, 0.2) is 0 Å². The zero-order chi connectivity index (χ0) is 40.6. The van der Waals surface area contributed by atoms with E-state index in [1.165, 1.54) is 7.11 Å². The molecular formula is C48H49N7O4. The SMILES string of the molecule is CCCC(=O)N(CCC)Cc1nc2c(ccc3cc(-c4ccc5cc(-c6cnc([C@@H]7[C@H]8CC[C@H](C8)N7C(=O)[C@H](NC(=O)OC)c7ccccc7)[nH]6)ccc5c4)ccc32)[nH]1. The van der Waals surface area contributed by atoms with Crippen LogP contribution in [0.3, 0.4) is 0 Å². The van der Waals surface area contributed by atoms with Gasteiger partial charge in [-0.15, -0.1) is 0 Å². The highest BCUT2D eigenvalue weighted by Gasteiger charge is 2.51. The molecule has 0 spiro atoms. The number of carbonyl (C=O) groups is 3. The van der Waals surface area contributed by atoms with E-state index in [-0.39, 0.29) is 29.8 Å². The van der Waals surface area contributed by atoms with Crippen LogP contribution in [0.25, 0.3) is 55.0 Å². The molecule has 11 nitrogen and oxygen atoms in total. The van der Waals surface area contributed by atoms with Gasteiger partial charge in [-0.1, -0.05) is 86.6 Å². The molecule has 9 rings (SSSR count). The van der Waals surface area contributed by atoms with Crippen molar-refractivity contribution in [1.82, 2.24) is 35.1 Å². The first-order valence-corrected chi connectivity index (χ1v) is 20.8. The molecule has 11 heteroatoms. The fourth-order valence-electron chi connectivity index (χ4n) is 9.36. The molecule has 5 aromatic carbocycles. The Kier molecular flexibility index (Phi) is 10.3. The lowest BCUT2D eigenvalue weighted by atomic mass is 9.96. The Hall–Kier alpha value is -6.49. The summed E-state index contributed by atoms with van der Waals surface area (Å²) in [6, 6.07) is 32.1. The van der Waals surface area contributed by atoms with Crippen LogP contribution in [-0.4, -0.2) is 67.3 Å². The number of aromatic amines is 2. The molecular weight excluding hydrogens is 739 g/mol. The summed E-state index contributed by atoms with van der Waals surface area (Å²) in [7, 11) is 1.31. The first kappa shape index (κ1) is 38.1. The molecule has 7 aromatic rings. The number of methoxy groups -OCH3 is 1. The number of hydrogen-bond donors (Lipinski definition) is 3. The van der Waals surface area contributed by atoms with Gasteiger partial charge in [-0.05, 0) is 95.1 Å². The van der Waals surface area contributed by atoms with Gasteiger partial charge in [0.1, 0.15) is 17.7 Å². The maximum Gasteiger partial charge on any atom is 0.407 e. The number of rotatable bonds is 12. The zero-order valence-corrected chi connectivity index (χ0v) is 33.7. The lowest BCUT2D eigenvalue weighted by Crippen LogP contribution is -2.47. The Labute approximate surface area is 343 Å². The predicted molar refractivity (Wildman–Crippen MR) is 230 cm³/mol. The number of ether oxygens (including phenoxy) is 1. The number of likely N-dealkylation sites (tertiary alicyclic amines) is 1. The maximum absolute atomic E-state index is 14.3. The van der Waals surface area contributed by atoms with Gasteiger partial charge in [0.2, 0.25) is 5.91 Å². The summed E-state index contributed by atoms with van der Waals surface area (Å²) in [4.78, 5) is 60.2. The van der Waals surface area contributed by atoms with E-state index in [9.17, 15) is 14.4 Å². The smallest absolute Gasteiger partial charge is 0.407 e. The van der Waals surface area contributed by atoms with E-state index in [1.807, 2.05) is 53.3 Å². The van der Waals surface area contributed by atoms with Crippen molar-refractivity contribution in [2.75, 3.05) is 13.7 Å². The first-order chi connectivity index (χ1) is 28.8. The number of nitrogens with one attached hydrogen (secondary N) is 3. The number of aromatic nitrogens is 4. The normalized spacial score (nSPS) is 17.8. The fourth-order valence-corrected chi connectivity index (χ4v) is 9.36. The third kappa shape index (κ3) is 7.30. The molecule has 3 N–H and O–H groups in total. The van der Waals surface area contributed by atoms with E-state index in [1.54, 1.807) is 0 Å². The molecule has 1 saturated heterocycles. The summed E-state index contributed by atoms with van der Waals surface area (Å²) in [6.07, 6.45) is 6.38. The largest absolute Gasteiger partial charge is 0.453 e. The quantitative estimate of drug-likeness (QED) is 0.113. The van der Waals surface area contributed by atoms with Crippen LogP contribution in [0.15, 0.2) is 103 Å². The molecule has 2 fully saturated rings. The maximum atomic E-state index is 14.3. The molecule has 59 heavy (non-hydrogen) atoms. The van der Waals surface area contributed by atoms with Gasteiger partial charge in [0.05, 0.1) is 42.6 Å². The van der Waals surface area contributed by atoms with E-state index >= 15 is 0 Å². The monoisotopic (exact) mass is 787 g/mol. The summed E-state index contributed by atoms with van der Waals surface area (Å²) in [5.41, 5.74) is 6.75. The van der Waals surface area contributed by atoms with Crippen LogP contribution in [0.5, 0.6) is 0 Å². The van der Waals surface area contributed by atoms with Crippen molar-refractivity contribution in [2.24, 2.45) is 5.92 Å². The second-order valence-electron chi connectivity index (χ2n) is 16.0. The molecule has 4 atom stereocenters. The predicted octanol–water partition coefficient (Wildman–Crippen LogP) is 9.61. The first-order valence-electron chi connectivity index (χ1n) is 20.8. The van der Waals surface area contributed by atoms with Crippen molar-refractivity contribution in [1.29, 1.82) is 0 Å². The van der Waals surface area contributed by atoms with E-state index in [2.05, 4.69) is 88.9 Å². The van der Waals surface area contributed by atoms with Crippen molar-refractivity contribution in [3.8, 4) is 22.4 Å². The second-order valence-corrected chi connectivity index (χ2v) is 16.0. The van der Waals surface area contributed by atoms with Crippen LogP contribution in [-0.2, 0) is 20.9 Å². The Morgan fingerprint density at radius 3 is 2.36 bits per heavy atom. The van der Waals surface area contributed by atoms with Gasteiger partial charge in [-0.3, -0.25) is 9.59 Å². The molecule has 2 aromatic heterocycles. The van der Waals surface area contributed by atoms with Crippen molar-refractivity contribution in [2.45, 2.75) is 77.0 Å². The Balaban J connectivity index is 0.948. The van der Waals surface area contributed by atoms with Crippen molar-refractivity contribution in [3.05, 3.63) is 120 Å². The molecule has 300 valence electrons. The minimum atomic E-state index is -0.865. The topological polar surface area (TPSA) is 136 Å². The summed E-state index contributed by atoms with van der Waals surface area (Å²) in [6.45, 7) is 5.33. The molecule has 3 amide bonds. The molecule has 1 saturated carbocycles. The number of hydrogen-bond acceptors (Lipinski definition) is 6. The Bertz CT molecular complexity index is 2690. The number of carbonyl (C=O) groups excluding carboxylic acids is 3. The average Bonchev–Trinajstić information content (AvgIpc) is 4.10. The van der Waals surface area contributed by atoms with Gasteiger partial charge in [0.25, 0.3) is 5.91 Å². The third-order valence-electron chi connectivity index (χ3n) is 12.2. The third-order valence-corrected chi connectivity index (χ3v) is 12.2. The minimum Gasteiger partial charge on any atom is -0.453 e. The summed E-state index contributed by atoms with van der Waals surface area (Å²) < 4.78 is 4.90. The molecule has 2 aliphatic rings. The molecule has 0 unspecified atom stereocenters. The Morgan fingerprint density at radius 2 is 1.59 bits per heavy atom. The van der Waals surface area contributed by atoms with E-state index in [0.717, 1.165) is 105 Å². The highest BCUT2D eigenvalue weighted by Crippen LogP contribution is 2.50. The van der Waals surface area contributed by atoms with Gasteiger partial charge in [-0.25, -0.2) is 14.8 Å². The van der Waals surface area contributed by atoms with Gasteiger partial charge in [0, 0.05) is 30.0 Å². The number of H-pyrrole nitrogens is 2. The molecule has 0 radical (unpaired) electrons. The van der Waals surface area contributed by atoms with Crippen molar-refractivity contribution >= 4 is 50.5 Å². The average molecular weight is 788 g/mol. The summed E-state index contributed by atoms with van der Waals surface area (Å²) >= 11 is 0. The molecule has 1 aliphatic heterocycles. The molecule has 2 bridgehead atoms. The fraction of sp³-hybridized carbons (Fsp3) is 0.312. The molecule has 1 aliphatic carbocycles. The van der Waals surface area contributed by atoms with Gasteiger partial charge >= 0.3 is 6.09 Å². The van der Waals surface area contributed by atoms with Crippen molar-refractivity contribution in [3.63, 3.8) is 0 Å². The molecule has 3 heterocycles. The summed E-state index contributed by atoms with van der Waals surface area (Å²) in [5, 5.41) is 7.21. The van der Waals surface area contributed by atoms with Gasteiger partial charge in [-0.2, -0.15) is 0 Å². The highest BCUT2D eigenvalue weighted by atomic mass is 16.5. The van der Waals surface area contributed by atoms with Crippen molar-refractivity contribution < 1.29 is 19.1 Å². The summed E-state index contributed by atoms with van der Waals surface area (Å²) in [5.74, 6) is 1.87. The lowest BCUT2D eigenvalue weighted by molar-refractivity contribution is -0.138. The Morgan fingerprint density at radius 1 is 0.864 bits per heavy atom. The van der Waals surface area contributed by atoms with Crippen LogP contribution in [0.4, 0.5) is 4.79 Å². The number of fused-ring (bicyclic) bond motifs is 6. The zero-order valence-electron chi connectivity index (χ0n) is 33.7. The van der Waals surface area contributed by atoms with Crippen LogP contribution < -0.4 is 5.32 Å². The highest BCUT2D eigenvalue weighted by molar-refractivity contribution is 6.05. The van der Waals surface area contributed by atoms with Gasteiger partial charge < -0.3 is 29.8 Å². The van der Waals surface area contributed by atoms with Crippen LogP contribution in [0, 0.1) is 5.92 Å². The number of imidazole rings is 2. The van der Waals surface area contributed by atoms with E-state index in [4.69, 9.17) is 14.7 Å². The van der Waals surface area contributed by atoms with Crippen LogP contribution in [0.2, 0.25) is 0 Å². The number of alkyl carbamates (subject to hydrolysis) is 1. The minimum absolute atomic E-state index is 0.0864. The van der Waals surface area contributed by atoms with E-state index < -0.39 is 12.1 Å². The standard InChI is InChI=1S/C48H49N7O4/c1-4-9-42(56)54(22-5-2)28-41-50-39-21-18-34-24-33(17-20-38(34)44(39)52-41)30-12-13-32-25-35(15-14-31(32)23-30)40-27-49-46(51-40)45-36-16-19-37(26-36)55(45)47(57)43(53-48(58)59-3)29-10-7-6-8-11-29/h6-8,10-15,17-18,20-21,23-25,27,36-37,43,45H,4-5,9,16,19,22,26,28H2,1-3H3,(H,49,51)(H,50,52)(H,53,58)/t36-,37+,43+,45-/m0/s1. The van der Waals surface area contributed by atoms with E-state index in [0.29, 0.717) is 18.5 Å². The number of amides is 3. The van der Waals surface area contributed by atoms with Crippen LogP contribution >= 0.6 is 0 Å². The van der Waals surface area contributed by atoms with Crippen LogP contribution in [0.1, 0.15) is 81.7 Å². The lowest BCUT2D eigenvalue weighted by Gasteiger charge is -2.36. The number of benzene rings is 5. The number of piperidine rings is 1. The number of nitrogens with zero attached hydrogens (tertiary/aromatic N) is 4. The second kappa shape index (κ2) is 16.0.